The van der Waals surface area contributed by atoms with Crippen molar-refractivity contribution in [1.29, 1.82) is 0 Å². The van der Waals surface area contributed by atoms with Crippen LogP contribution >= 0.6 is 0 Å². The number of anilines is 1. The Morgan fingerprint density at radius 3 is 3.25 bits per heavy atom. The molecule has 7 nitrogen and oxygen atoms in total. The molecule has 3 heterocycles. The fourth-order valence-electron chi connectivity index (χ4n) is 2.13. The van der Waals surface area contributed by atoms with Gasteiger partial charge in [-0.15, -0.1) is 0 Å². The SMILES string of the molecule is O=C(Nc1cnn([C@H]2CCOC2)c1)c1ccc[n+]([O-])c1. The summed E-state index contributed by atoms with van der Waals surface area (Å²) in [4.78, 5) is 12.0. The van der Waals surface area contributed by atoms with Gasteiger partial charge in [0, 0.05) is 18.9 Å². The molecule has 7 heteroatoms. The molecule has 0 radical (unpaired) electrons. The number of ether oxygens (including phenoxy) is 1. The van der Waals surface area contributed by atoms with Crippen molar-refractivity contribution in [2.75, 3.05) is 18.5 Å². The van der Waals surface area contributed by atoms with Gasteiger partial charge in [-0.25, -0.2) is 0 Å². The van der Waals surface area contributed by atoms with Crippen molar-refractivity contribution in [2.24, 2.45) is 0 Å². The third-order valence-electron chi connectivity index (χ3n) is 3.18. The smallest absolute Gasteiger partial charge is 0.261 e. The summed E-state index contributed by atoms with van der Waals surface area (Å²) < 4.78 is 7.68. The number of amides is 1. The first-order valence-electron chi connectivity index (χ1n) is 6.34. The molecule has 0 saturated carbocycles. The summed E-state index contributed by atoms with van der Waals surface area (Å²) in [5, 5.41) is 18.1. The number of carbonyl (C=O) groups is 1. The van der Waals surface area contributed by atoms with Crippen LogP contribution in [0.2, 0.25) is 0 Å². The first kappa shape index (κ1) is 12.6. The van der Waals surface area contributed by atoms with Crippen molar-refractivity contribution in [3.63, 3.8) is 0 Å². The Kier molecular flexibility index (Phi) is 3.34. The molecule has 20 heavy (non-hydrogen) atoms. The van der Waals surface area contributed by atoms with E-state index in [1.54, 1.807) is 23.1 Å². The number of carbonyl (C=O) groups excluding carboxylic acids is 1. The van der Waals surface area contributed by atoms with Crippen molar-refractivity contribution < 1.29 is 14.3 Å². The minimum atomic E-state index is -0.336. The van der Waals surface area contributed by atoms with Gasteiger partial charge in [-0.1, -0.05) is 0 Å². The molecule has 1 fully saturated rings. The Morgan fingerprint density at radius 2 is 2.50 bits per heavy atom. The van der Waals surface area contributed by atoms with Crippen molar-refractivity contribution in [3.05, 3.63) is 47.7 Å². The Hall–Kier alpha value is -2.41. The minimum absolute atomic E-state index is 0.223. The molecule has 1 amide bonds. The molecule has 3 rings (SSSR count). The Labute approximate surface area is 115 Å². The Balaban J connectivity index is 1.70. The maximum atomic E-state index is 12.0. The topological polar surface area (TPSA) is 83.1 Å². The third-order valence-corrected chi connectivity index (χ3v) is 3.18. The number of nitrogens with one attached hydrogen (secondary N) is 1. The van der Waals surface area contributed by atoms with Crippen LogP contribution < -0.4 is 10.0 Å². The van der Waals surface area contributed by atoms with Crippen LogP contribution in [0.3, 0.4) is 0 Å². The van der Waals surface area contributed by atoms with Crippen LogP contribution in [0.4, 0.5) is 5.69 Å². The second-order valence-corrected chi connectivity index (χ2v) is 4.63. The maximum Gasteiger partial charge on any atom is 0.261 e. The van der Waals surface area contributed by atoms with Crippen molar-refractivity contribution in [2.45, 2.75) is 12.5 Å². The van der Waals surface area contributed by atoms with Crippen molar-refractivity contribution in [3.8, 4) is 0 Å². The van der Waals surface area contributed by atoms with Crippen molar-refractivity contribution >= 4 is 11.6 Å². The van der Waals surface area contributed by atoms with Crippen LogP contribution in [0.1, 0.15) is 22.8 Å². The number of aromatic nitrogens is 3. The molecule has 1 aliphatic heterocycles. The molecule has 1 saturated heterocycles. The lowest BCUT2D eigenvalue weighted by Crippen LogP contribution is -2.27. The highest BCUT2D eigenvalue weighted by molar-refractivity contribution is 6.03. The van der Waals surface area contributed by atoms with E-state index in [1.165, 1.54) is 18.5 Å². The Morgan fingerprint density at radius 1 is 1.60 bits per heavy atom. The summed E-state index contributed by atoms with van der Waals surface area (Å²) in [6.45, 7) is 1.38. The second kappa shape index (κ2) is 5.30. The summed E-state index contributed by atoms with van der Waals surface area (Å²) >= 11 is 0. The lowest BCUT2D eigenvalue weighted by atomic mass is 10.2. The fourth-order valence-corrected chi connectivity index (χ4v) is 2.13. The molecule has 0 unspecified atom stereocenters. The van der Waals surface area contributed by atoms with Gasteiger partial charge in [-0.3, -0.25) is 9.48 Å². The number of rotatable bonds is 3. The van der Waals surface area contributed by atoms with E-state index in [1.807, 2.05) is 0 Å². The summed E-state index contributed by atoms with van der Waals surface area (Å²) in [7, 11) is 0. The van der Waals surface area contributed by atoms with Gasteiger partial charge in [0.1, 0.15) is 5.56 Å². The van der Waals surface area contributed by atoms with Gasteiger partial charge in [0.2, 0.25) is 0 Å². The standard InChI is InChI=1S/C13H14N4O3/c18-13(10-2-1-4-16(19)7-10)15-11-6-14-17(8-11)12-3-5-20-9-12/h1-2,4,6-8,12H,3,5,9H2,(H,15,18)/t12-/m0/s1. The lowest BCUT2D eigenvalue weighted by molar-refractivity contribution is -0.605. The number of pyridine rings is 1. The molecular weight excluding hydrogens is 260 g/mol. The van der Waals surface area contributed by atoms with E-state index in [2.05, 4.69) is 10.4 Å². The van der Waals surface area contributed by atoms with Gasteiger partial charge >= 0.3 is 0 Å². The van der Waals surface area contributed by atoms with Gasteiger partial charge in [-0.2, -0.15) is 9.83 Å². The van der Waals surface area contributed by atoms with Gasteiger partial charge in [0.15, 0.2) is 12.4 Å². The zero-order chi connectivity index (χ0) is 13.9. The second-order valence-electron chi connectivity index (χ2n) is 4.63. The van der Waals surface area contributed by atoms with Gasteiger partial charge in [0.05, 0.1) is 24.5 Å². The Bertz CT molecular complexity index is 620. The molecule has 0 spiro atoms. The van der Waals surface area contributed by atoms with Crippen molar-refractivity contribution in [1.82, 2.24) is 9.78 Å². The predicted octanol–water partition coefficient (Wildman–Crippen LogP) is 0.730. The molecule has 1 atom stereocenters. The van der Waals surface area contributed by atoms with E-state index in [-0.39, 0.29) is 11.9 Å². The maximum absolute atomic E-state index is 12.0. The molecule has 0 bridgehead atoms. The summed E-state index contributed by atoms with van der Waals surface area (Å²) in [6, 6.07) is 3.33. The summed E-state index contributed by atoms with van der Waals surface area (Å²) in [5.74, 6) is -0.336. The summed E-state index contributed by atoms with van der Waals surface area (Å²) in [6.07, 6.45) is 6.83. The largest absolute Gasteiger partial charge is 0.619 e. The number of hydrogen-bond donors (Lipinski definition) is 1. The van der Waals surface area contributed by atoms with Crippen LogP contribution in [-0.2, 0) is 4.74 Å². The molecule has 1 N–H and O–H groups in total. The molecule has 0 aromatic carbocycles. The van der Waals surface area contributed by atoms with E-state index in [0.29, 0.717) is 22.6 Å². The first-order valence-corrected chi connectivity index (χ1v) is 6.34. The molecule has 104 valence electrons. The molecule has 2 aromatic heterocycles. The molecular formula is C13H14N4O3. The molecule has 0 aliphatic carbocycles. The average molecular weight is 274 g/mol. The average Bonchev–Trinajstić information content (AvgIpc) is 3.08. The lowest BCUT2D eigenvalue weighted by Gasteiger charge is -2.06. The number of hydrogen-bond acceptors (Lipinski definition) is 4. The third kappa shape index (κ3) is 2.62. The highest BCUT2D eigenvalue weighted by atomic mass is 16.5. The van der Waals surface area contributed by atoms with E-state index in [9.17, 15) is 10.0 Å². The molecule has 2 aromatic rings. The highest BCUT2D eigenvalue weighted by Gasteiger charge is 2.19. The molecule has 1 aliphatic rings. The zero-order valence-electron chi connectivity index (χ0n) is 10.7. The predicted molar refractivity (Wildman–Crippen MR) is 70.1 cm³/mol. The van der Waals surface area contributed by atoms with Crippen LogP contribution in [-0.4, -0.2) is 28.9 Å². The normalized spacial score (nSPS) is 18.1. The highest BCUT2D eigenvalue weighted by Crippen LogP contribution is 2.19. The number of nitrogens with zero attached hydrogens (tertiary/aromatic N) is 3. The summed E-state index contributed by atoms with van der Waals surface area (Å²) in [5.41, 5.74) is 0.905. The van der Waals surface area contributed by atoms with E-state index in [4.69, 9.17) is 4.74 Å². The van der Waals surface area contributed by atoms with E-state index >= 15 is 0 Å². The van der Waals surface area contributed by atoms with E-state index < -0.39 is 0 Å². The van der Waals surface area contributed by atoms with Gasteiger partial charge in [-0.05, 0) is 12.5 Å². The zero-order valence-corrected chi connectivity index (χ0v) is 10.7. The van der Waals surface area contributed by atoms with Crippen LogP contribution in [0.5, 0.6) is 0 Å². The van der Waals surface area contributed by atoms with E-state index in [0.717, 1.165) is 13.0 Å². The van der Waals surface area contributed by atoms with Crippen LogP contribution in [0, 0.1) is 5.21 Å². The fraction of sp³-hybridized carbons (Fsp3) is 0.308. The van der Waals surface area contributed by atoms with Gasteiger partial charge < -0.3 is 15.3 Å². The quantitative estimate of drug-likeness (QED) is 0.660. The first-order chi connectivity index (χ1) is 9.72. The minimum Gasteiger partial charge on any atom is -0.619 e. The van der Waals surface area contributed by atoms with Crippen LogP contribution in [0.25, 0.3) is 0 Å². The van der Waals surface area contributed by atoms with Crippen LogP contribution in [0.15, 0.2) is 36.9 Å². The monoisotopic (exact) mass is 274 g/mol. The van der Waals surface area contributed by atoms with Gasteiger partial charge in [0.25, 0.3) is 5.91 Å².